The highest BCUT2D eigenvalue weighted by molar-refractivity contribution is 5.94. The van der Waals surface area contributed by atoms with E-state index in [1.807, 2.05) is 24.9 Å². The topological polar surface area (TPSA) is 53.4 Å². The van der Waals surface area contributed by atoms with Gasteiger partial charge in [0.1, 0.15) is 5.56 Å². The first-order valence-corrected chi connectivity index (χ1v) is 5.90. The number of carboxylic acids is 1. The molecule has 0 saturated heterocycles. The number of aromatic carboxylic acids is 1. The van der Waals surface area contributed by atoms with Crippen molar-refractivity contribution in [3.05, 3.63) is 23.5 Å². The van der Waals surface area contributed by atoms with Crippen molar-refractivity contribution in [3.63, 3.8) is 0 Å². The second kappa shape index (κ2) is 5.66. The van der Waals surface area contributed by atoms with Gasteiger partial charge in [0.15, 0.2) is 0 Å². The molecule has 0 fully saturated rings. The zero-order valence-corrected chi connectivity index (χ0v) is 10.9. The standard InChI is InChI=1S/C13H20N2O2/c1-5-6-10(3)15(4)12-7-9(2)14-8-11(12)13(16)17/h7-8,10H,5-6H2,1-4H3,(H,16,17). The van der Waals surface area contributed by atoms with Gasteiger partial charge in [-0.2, -0.15) is 0 Å². The Balaban J connectivity index is 3.10. The Morgan fingerprint density at radius 1 is 1.59 bits per heavy atom. The molecular weight excluding hydrogens is 216 g/mol. The number of hydrogen-bond donors (Lipinski definition) is 1. The molecule has 1 atom stereocenters. The summed E-state index contributed by atoms with van der Waals surface area (Å²) in [5, 5.41) is 9.15. The summed E-state index contributed by atoms with van der Waals surface area (Å²) in [7, 11) is 1.93. The van der Waals surface area contributed by atoms with E-state index in [1.165, 1.54) is 6.20 Å². The Kier molecular flexibility index (Phi) is 4.49. The number of aryl methyl sites for hydroxylation is 1. The predicted octanol–water partition coefficient (Wildman–Crippen LogP) is 2.71. The quantitative estimate of drug-likeness (QED) is 0.854. The van der Waals surface area contributed by atoms with Crippen molar-refractivity contribution in [2.75, 3.05) is 11.9 Å². The van der Waals surface area contributed by atoms with Crippen LogP contribution in [0.4, 0.5) is 5.69 Å². The van der Waals surface area contributed by atoms with Crippen LogP contribution >= 0.6 is 0 Å². The molecule has 94 valence electrons. The Morgan fingerprint density at radius 3 is 2.76 bits per heavy atom. The van der Waals surface area contributed by atoms with Gasteiger partial charge in [-0.25, -0.2) is 4.79 Å². The van der Waals surface area contributed by atoms with Gasteiger partial charge >= 0.3 is 5.97 Å². The van der Waals surface area contributed by atoms with Gasteiger partial charge in [-0.1, -0.05) is 13.3 Å². The van der Waals surface area contributed by atoms with E-state index in [2.05, 4.69) is 18.8 Å². The van der Waals surface area contributed by atoms with Crippen LogP contribution in [-0.2, 0) is 0 Å². The third kappa shape index (κ3) is 3.19. The van der Waals surface area contributed by atoms with Gasteiger partial charge in [0.25, 0.3) is 0 Å². The third-order valence-electron chi connectivity index (χ3n) is 3.00. The summed E-state index contributed by atoms with van der Waals surface area (Å²) in [5.41, 5.74) is 1.84. The SMILES string of the molecule is CCCC(C)N(C)c1cc(C)ncc1C(=O)O. The first kappa shape index (κ1) is 13.5. The number of carboxylic acid groups (broad SMARTS) is 1. The van der Waals surface area contributed by atoms with Crippen molar-refractivity contribution in [1.29, 1.82) is 0 Å². The second-order valence-electron chi connectivity index (χ2n) is 4.40. The number of anilines is 1. The van der Waals surface area contributed by atoms with Gasteiger partial charge in [-0.05, 0) is 26.3 Å². The fourth-order valence-corrected chi connectivity index (χ4v) is 1.85. The van der Waals surface area contributed by atoms with E-state index < -0.39 is 5.97 Å². The van der Waals surface area contributed by atoms with Crippen molar-refractivity contribution in [2.45, 2.75) is 39.7 Å². The fraction of sp³-hybridized carbons (Fsp3) is 0.538. The molecule has 1 aromatic heterocycles. The highest BCUT2D eigenvalue weighted by Crippen LogP contribution is 2.23. The Labute approximate surface area is 102 Å². The summed E-state index contributed by atoms with van der Waals surface area (Å²) in [5.74, 6) is -0.928. The molecule has 1 aromatic rings. The van der Waals surface area contributed by atoms with E-state index in [4.69, 9.17) is 5.11 Å². The minimum atomic E-state index is -0.928. The molecule has 0 bridgehead atoms. The molecule has 1 unspecified atom stereocenters. The van der Waals surface area contributed by atoms with E-state index >= 15 is 0 Å². The van der Waals surface area contributed by atoms with Crippen LogP contribution in [0.5, 0.6) is 0 Å². The highest BCUT2D eigenvalue weighted by atomic mass is 16.4. The average molecular weight is 236 g/mol. The molecule has 4 heteroatoms. The maximum Gasteiger partial charge on any atom is 0.339 e. The summed E-state index contributed by atoms with van der Waals surface area (Å²) >= 11 is 0. The van der Waals surface area contributed by atoms with Crippen LogP contribution in [-0.4, -0.2) is 29.1 Å². The van der Waals surface area contributed by atoms with Gasteiger partial charge in [0, 0.05) is 25.0 Å². The minimum Gasteiger partial charge on any atom is -0.478 e. The van der Waals surface area contributed by atoms with Crippen molar-refractivity contribution in [3.8, 4) is 0 Å². The molecule has 0 aromatic carbocycles. The number of nitrogens with zero attached hydrogens (tertiary/aromatic N) is 2. The second-order valence-corrected chi connectivity index (χ2v) is 4.40. The van der Waals surface area contributed by atoms with Crippen LogP contribution in [0.3, 0.4) is 0 Å². The first-order chi connectivity index (χ1) is 7.97. The third-order valence-corrected chi connectivity index (χ3v) is 3.00. The van der Waals surface area contributed by atoms with Crippen molar-refractivity contribution in [1.82, 2.24) is 4.98 Å². The lowest BCUT2D eigenvalue weighted by Crippen LogP contribution is -2.30. The van der Waals surface area contributed by atoms with E-state index in [0.717, 1.165) is 24.2 Å². The average Bonchev–Trinajstić information content (AvgIpc) is 2.27. The van der Waals surface area contributed by atoms with E-state index in [9.17, 15) is 4.79 Å². The van der Waals surface area contributed by atoms with Crippen LogP contribution in [0.15, 0.2) is 12.3 Å². The summed E-state index contributed by atoms with van der Waals surface area (Å²) in [6, 6.07) is 2.15. The smallest absolute Gasteiger partial charge is 0.339 e. The summed E-state index contributed by atoms with van der Waals surface area (Å²) in [4.78, 5) is 17.2. The van der Waals surface area contributed by atoms with Crippen LogP contribution in [0.1, 0.15) is 42.7 Å². The van der Waals surface area contributed by atoms with Crippen LogP contribution in [0.2, 0.25) is 0 Å². The molecule has 1 heterocycles. The highest BCUT2D eigenvalue weighted by Gasteiger charge is 2.17. The lowest BCUT2D eigenvalue weighted by Gasteiger charge is -2.28. The van der Waals surface area contributed by atoms with Crippen molar-refractivity contribution < 1.29 is 9.90 Å². The molecule has 0 aliphatic heterocycles. The van der Waals surface area contributed by atoms with E-state index in [1.54, 1.807) is 0 Å². The molecule has 0 aliphatic rings. The Morgan fingerprint density at radius 2 is 2.24 bits per heavy atom. The summed E-state index contributed by atoms with van der Waals surface area (Å²) < 4.78 is 0. The predicted molar refractivity (Wildman–Crippen MR) is 68.7 cm³/mol. The zero-order chi connectivity index (χ0) is 13.0. The fourth-order valence-electron chi connectivity index (χ4n) is 1.85. The van der Waals surface area contributed by atoms with Gasteiger partial charge in [0.05, 0.1) is 5.69 Å². The molecule has 1 rings (SSSR count). The van der Waals surface area contributed by atoms with E-state index in [-0.39, 0.29) is 5.56 Å². The molecule has 4 nitrogen and oxygen atoms in total. The van der Waals surface area contributed by atoms with Gasteiger partial charge in [-0.15, -0.1) is 0 Å². The monoisotopic (exact) mass is 236 g/mol. The normalized spacial score (nSPS) is 12.2. The zero-order valence-electron chi connectivity index (χ0n) is 10.9. The molecule has 17 heavy (non-hydrogen) atoms. The number of carbonyl (C=O) groups is 1. The van der Waals surface area contributed by atoms with Gasteiger partial charge in [0.2, 0.25) is 0 Å². The van der Waals surface area contributed by atoms with Crippen molar-refractivity contribution >= 4 is 11.7 Å². The largest absolute Gasteiger partial charge is 0.478 e. The van der Waals surface area contributed by atoms with Gasteiger partial charge in [-0.3, -0.25) is 4.98 Å². The maximum absolute atomic E-state index is 11.2. The molecule has 0 saturated carbocycles. The number of pyridine rings is 1. The molecular formula is C13H20N2O2. The maximum atomic E-state index is 11.2. The van der Waals surface area contributed by atoms with Gasteiger partial charge < -0.3 is 10.0 Å². The minimum absolute atomic E-state index is 0.265. The lowest BCUT2D eigenvalue weighted by molar-refractivity contribution is 0.0697. The summed E-state index contributed by atoms with van der Waals surface area (Å²) in [6.07, 6.45) is 3.55. The molecule has 1 N–H and O–H groups in total. The number of hydrogen-bond acceptors (Lipinski definition) is 3. The lowest BCUT2D eigenvalue weighted by atomic mass is 10.1. The van der Waals surface area contributed by atoms with Crippen LogP contribution < -0.4 is 4.90 Å². The number of rotatable bonds is 5. The molecule has 0 spiro atoms. The van der Waals surface area contributed by atoms with Crippen LogP contribution in [0.25, 0.3) is 0 Å². The Hall–Kier alpha value is -1.58. The van der Waals surface area contributed by atoms with E-state index in [0.29, 0.717) is 6.04 Å². The molecule has 0 amide bonds. The Bertz CT molecular complexity index is 404. The number of aromatic nitrogens is 1. The first-order valence-electron chi connectivity index (χ1n) is 5.90. The molecule has 0 radical (unpaired) electrons. The molecule has 0 aliphatic carbocycles. The summed E-state index contributed by atoms with van der Waals surface area (Å²) in [6.45, 7) is 6.10. The van der Waals surface area contributed by atoms with Crippen LogP contribution in [0, 0.1) is 6.92 Å². The van der Waals surface area contributed by atoms with Crippen molar-refractivity contribution in [2.24, 2.45) is 0 Å².